The van der Waals surface area contributed by atoms with Gasteiger partial charge in [0.2, 0.25) is 16.0 Å². The molecule has 4 heterocycles. The Morgan fingerprint density at radius 3 is 2.52 bits per heavy atom. The SMILES string of the molecule is Cc1cc([C@@H](C)Nc2ccc(Cl)nc2C(=O)NS(C)(=O)=O)c2nc(N3C[C@@H]4C(c5[nH]ncc5Cl)[C@@H]4C3)n(C)c(=O)c2c1. The van der Waals surface area contributed by atoms with Gasteiger partial charge >= 0.3 is 0 Å². The number of sulfonamides is 1. The second-order valence-electron chi connectivity index (χ2n) is 11.0. The second-order valence-corrected chi connectivity index (χ2v) is 13.6. The molecule has 2 aliphatic rings. The van der Waals surface area contributed by atoms with Gasteiger partial charge in [0.15, 0.2) is 5.69 Å². The summed E-state index contributed by atoms with van der Waals surface area (Å²) < 4.78 is 26.9. The summed E-state index contributed by atoms with van der Waals surface area (Å²) in [4.78, 5) is 37.5. The topological polar surface area (TPSA) is 155 Å². The Morgan fingerprint density at radius 1 is 1.17 bits per heavy atom. The van der Waals surface area contributed by atoms with Gasteiger partial charge in [0.1, 0.15) is 5.15 Å². The Labute approximate surface area is 251 Å². The predicted molar refractivity (Wildman–Crippen MR) is 161 cm³/mol. The van der Waals surface area contributed by atoms with Crippen LogP contribution in [0.15, 0.2) is 35.3 Å². The van der Waals surface area contributed by atoms with Crippen molar-refractivity contribution in [3.8, 4) is 0 Å². The minimum Gasteiger partial charge on any atom is -0.377 e. The first-order chi connectivity index (χ1) is 19.8. The van der Waals surface area contributed by atoms with Crippen LogP contribution >= 0.6 is 23.2 Å². The van der Waals surface area contributed by atoms with Gasteiger partial charge in [-0.2, -0.15) is 5.10 Å². The Hall–Kier alpha value is -3.68. The second kappa shape index (κ2) is 10.2. The van der Waals surface area contributed by atoms with Crippen molar-refractivity contribution in [1.29, 1.82) is 0 Å². The molecule has 3 N–H and O–H groups in total. The van der Waals surface area contributed by atoms with Crippen molar-refractivity contribution in [2.75, 3.05) is 29.6 Å². The molecule has 0 spiro atoms. The number of amides is 1. The first-order valence-electron chi connectivity index (χ1n) is 13.2. The number of hydrogen-bond acceptors (Lipinski definition) is 9. The van der Waals surface area contributed by atoms with Crippen LogP contribution in [0.5, 0.6) is 0 Å². The number of H-pyrrole nitrogens is 1. The van der Waals surface area contributed by atoms with E-state index < -0.39 is 22.0 Å². The van der Waals surface area contributed by atoms with E-state index in [1.807, 2.05) is 30.7 Å². The summed E-state index contributed by atoms with van der Waals surface area (Å²) in [5, 5.41) is 11.5. The molecule has 0 bridgehead atoms. The van der Waals surface area contributed by atoms with Gasteiger partial charge in [0, 0.05) is 31.6 Å². The molecule has 220 valence electrons. The molecule has 12 nitrogen and oxygen atoms in total. The van der Waals surface area contributed by atoms with Gasteiger partial charge in [0.05, 0.1) is 45.8 Å². The molecule has 1 aliphatic heterocycles. The van der Waals surface area contributed by atoms with Crippen molar-refractivity contribution < 1.29 is 13.2 Å². The number of nitrogens with zero attached hydrogens (tertiary/aromatic N) is 5. The lowest BCUT2D eigenvalue weighted by Gasteiger charge is -2.25. The lowest BCUT2D eigenvalue weighted by Crippen LogP contribution is -2.32. The molecule has 6 rings (SSSR count). The number of anilines is 2. The summed E-state index contributed by atoms with van der Waals surface area (Å²) >= 11 is 12.3. The number of hydrogen-bond donors (Lipinski definition) is 3. The van der Waals surface area contributed by atoms with Crippen molar-refractivity contribution >= 4 is 61.7 Å². The molecule has 3 aromatic heterocycles. The molecular weight excluding hydrogens is 603 g/mol. The van der Waals surface area contributed by atoms with Crippen molar-refractivity contribution in [3.63, 3.8) is 0 Å². The molecule has 1 aliphatic carbocycles. The highest BCUT2D eigenvalue weighted by Crippen LogP contribution is 2.59. The fourth-order valence-corrected chi connectivity index (χ4v) is 6.84. The number of piperidine rings is 1. The third-order valence-corrected chi connectivity index (χ3v) is 9.02. The van der Waals surface area contributed by atoms with Crippen LogP contribution in [0.4, 0.5) is 11.6 Å². The molecule has 42 heavy (non-hydrogen) atoms. The fraction of sp³-hybridized carbons (Fsp3) is 0.370. The van der Waals surface area contributed by atoms with Crippen LogP contribution in [0.2, 0.25) is 10.2 Å². The summed E-state index contributed by atoms with van der Waals surface area (Å²) in [7, 11) is -2.10. The number of aromatic nitrogens is 5. The molecule has 1 unspecified atom stereocenters. The monoisotopic (exact) mass is 630 g/mol. The molecular formula is C27H28Cl2N8O4S. The Bertz CT molecular complexity index is 1910. The van der Waals surface area contributed by atoms with Crippen molar-refractivity contribution in [3.05, 3.63) is 73.5 Å². The number of pyridine rings is 1. The van der Waals surface area contributed by atoms with Gasteiger partial charge < -0.3 is 10.2 Å². The van der Waals surface area contributed by atoms with Crippen molar-refractivity contribution in [2.45, 2.75) is 25.8 Å². The highest BCUT2D eigenvalue weighted by molar-refractivity contribution is 7.89. The maximum atomic E-state index is 13.6. The molecule has 4 atom stereocenters. The van der Waals surface area contributed by atoms with E-state index in [0.29, 0.717) is 39.6 Å². The Kier molecular flexibility index (Phi) is 6.94. The quantitative estimate of drug-likeness (QED) is 0.261. The summed E-state index contributed by atoms with van der Waals surface area (Å²) in [5.74, 6) is 0.761. The number of aromatic amines is 1. The Morgan fingerprint density at radius 2 is 1.88 bits per heavy atom. The summed E-state index contributed by atoms with van der Waals surface area (Å²) in [6, 6.07) is 6.35. The standard InChI is InChI=1S/C27H28Cl2N8O4S/c1-12-7-14(13(2)31-19-5-6-20(29)32-24(19)25(38)35-42(4,40)41)22-15(8-12)26(39)36(3)27(33-22)37-10-16-17(11-37)21(16)23-18(28)9-30-34-23/h5-9,13,16-17,21,31H,10-11H2,1-4H3,(H,30,34)(H,35,38)/t13-,16-,17+,21?/m1/s1. The molecule has 1 saturated heterocycles. The van der Waals surface area contributed by atoms with Crippen molar-refractivity contribution in [1.82, 2.24) is 29.5 Å². The smallest absolute Gasteiger partial charge is 0.285 e. The van der Waals surface area contributed by atoms with E-state index in [-0.39, 0.29) is 22.1 Å². The van der Waals surface area contributed by atoms with Crippen LogP contribution in [0.1, 0.15) is 46.2 Å². The average molecular weight is 632 g/mol. The summed E-state index contributed by atoms with van der Waals surface area (Å²) in [6.07, 6.45) is 2.50. The summed E-state index contributed by atoms with van der Waals surface area (Å²) in [5.41, 5.74) is 3.03. The third kappa shape index (κ3) is 5.09. The number of carbonyl (C=O) groups excluding carboxylic acids is 1. The molecule has 1 amide bonds. The van der Waals surface area contributed by atoms with Crippen LogP contribution in [-0.4, -0.2) is 58.4 Å². The van der Waals surface area contributed by atoms with E-state index >= 15 is 0 Å². The Balaban J connectivity index is 1.34. The number of nitrogens with one attached hydrogen (secondary N) is 3. The highest BCUT2D eigenvalue weighted by atomic mass is 35.5. The van der Waals surface area contributed by atoms with Crippen LogP contribution in [0.3, 0.4) is 0 Å². The zero-order chi connectivity index (χ0) is 30.1. The molecule has 4 aromatic rings. The van der Waals surface area contributed by atoms with Crippen LogP contribution in [0, 0.1) is 18.8 Å². The maximum absolute atomic E-state index is 13.6. The largest absolute Gasteiger partial charge is 0.377 e. The first kappa shape index (κ1) is 28.4. The summed E-state index contributed by atoms with van der Waals surface area (Å²) in [6.45, 7) is 5.23. The van der Waals surface area contributed by atoms with Gasteiger partial charge in [-0.25, -0.2) is 23.1 Å². The number of halogens is 2. The lowest BCUT2D eigenvalue weighted by atomic mass is 10.0. The first-order valence-corrected chi connectivity index (χ1v) is 15.9. The van der Waals surface area contributed by atoms with E-state index in [1.54, 1.807) is 23.9 Å². The molecule has 0 radical (unpaired) electrons. The zero-order valence-corrected chi connectivity index (χ0v) is 25.5. The number of benzene rings is 1. The predicted octanol–water partition coefficient (Wildman–Crippen LogP) is 3.38. The average Bonchev–Trinajstić information content (AvgIpc) is 3.21. The van der Waals surface area contributed by atoms with Crippen LogP contribution < -0.4 is 20.5 Å². The molecule has 1 aromatic carbocycles. The van der Waals surface area contributed by atoms with E-state index in [2.05, 4.69) is 25.4 Å². The fourth-order valence-electron chi connectivity index (χ4n) is 6.04. The van der Waals surface area contributed by atoms with Crippen molar-refractivity contribution in [2.24, 2.45) is 18.9 Å². The van der Waals surface area contributed by atoms with Gasteiger partial charge in [-0.1, -0.05) is 29.3 Å². The molecule has 2 fully saturated rings. The van der Waals surface area contributed by atoms with Crippen LogP contribution in [-0.2, 0) is 17.1 Å². The number of aryl methyl sites for hydroxylation is 1. The van der Waals surface area contributed by atoms with Gasteiger partial charge in [-0.05, 0) is 49.4 Å². The van der Waals surface area contributed by atoms with Gasteiger partial charge in [-0.3, -0.25) is 19.3 Å². The number of carbonyl (C=O) groups is 1. The minimum absolute atomic E-state index is 0.0309. The maximum Gasteiger partial charge on any atom is 0.285 e. The third-order valence-electron chi connectivity index (χ3n) is 7.95. The number of rotatable bonds is 7. The van der Waals surface area contributed by atoms with Gasteiger partial charge in [0.25, 0.3) is 11.5 Å². The van der Waals surface area contributed by atoms with E-state index in [9.17, 15) is 18.0 Å². The minimum atomic E-state index is -3.83. The van der Waals surface area contributed by atoms with E-state index in [1.165, 1.54) is 6.07 Å². The molecule has 15 heteroatoms. The highest BCUT2D eigenvalue weighted by Gasteiger charge is 2.58. The van der Waals surface area contributed by atoms with E-state index in [0.717, 1.165) is 36.2 Å². The van der Waals surface area contributed by atoms with E-state index in [4.69, 9.17) is 28.2 Å². The number of fused-ring (bicyclic) bond motifs is 2. The zero-order valence-electron chi connectivity index (χ0n) is 23.1. The van der Waals surface area contributed by atoms with Gasteiger partial charge in [-0.15, -0.1) is 0 Å². The normalized spacial score (nSPS) is 20.4. The molecule has 1 saturated carbocycles. The lowest BCUT2D eigenvalue weighted by molar-refractivity contribution is 0.0977. The van der Waals surface area contributed by atoms with Crippen LogP contribution in [0.25, 0.3) is 10.9 Å².